The fourth-order valence-electron chi connectivity index (χ4n) is 1.48. The summed E-state index contributed by atoms with van der Waals surface area (Å²) in [5.74, 6) is 0. The molecule has 0 atom stereocenters. The number of carbonyl (C=O) groups is 1. The molecule has 16 heavy (non-hydrogen) atoms. The minimum absolute atomic E-state index is 0.245. The number of benzene rings is 1. The molecule has 3 heteroatoms. The second-order valence-corrected chi connectivity index (χ2v) is 4.02. The molecule has 0 radical (unpaired) electrons. The molecule has 0 fully saturated rings. The number of carbonyl (C=O) groups excluding carboxylic acids is 1. The fraction of sp³-hybridized carbons (Fsp3) is 0.462. The Morgan fingerprint density at radius 2 is 2.06 bits per heavy atom. The molecule has 3 nitrogen and oxygen atoms in total. The van der Waals surface area contributed by atoms with Crippen molar-refractivity contribution in [3.05, 3.63) is 29.8 Å². The van der Waals surface area contributed by atoms with Crippen molar-refractivity contribution in [2.75, 3.05) is 25.1 Å². The number of likely N-dealkylation sites (N-methyl/N-ethyl adjacent to an activating group) is 1. The number of aldehydes is 1. The molecule has 0 N–H and O–H groups in total. The lowest BCUT2D eigenvalue weighted by Gasteiger charge is -2.21. The lowest BCUT2D eigenvalue weighted by Crippen LogP contribution is -2.24. The SMILES string of the molecule is CC(C)OCCN(C)c1ccccc1C=O. The Labute approximate surface area is 97.0 Å². The first-order valence-electron chi connectivity index (χ1n) is 5.52. The van der Waals surface area contributed by atoms with E-state index in [4.69, 9.17) is 4.74 Å². The van der Waals surface area contributed by atoms with E-state index in [0.29, 0.717) is 6.61 Å². The van der Waals surface area contributed by atoms with E-state index in [-0.39, 0.29) is 6.10 Å². The third kappa shape index (κ3) is 3.66. The summed E-state index contributed by atoms with van der Waals surface area (Å²) in [6.07, 6.45) is 1.13. The van der Waals surface area contributed by atoms with Crippen molar-refractivity contribution >= 4 is 12.0 Å². The molecule has 0 amide bonds. The van der Waals surface area contributed by atoms with Gasteiger partial charge >= 0.3 is 0 Å². The fourth-order valence-corrected chi connectivity index (χ4v) is 1.48. The largest absolute Gasteiger partial charge is 0.377 e. The standard InChI is InChI=1S/C13H19NO2/c1-11(2)16-9-8-14(3)13-7-5-4-6-12(13)10-15/h4-7,10-11H,8-9H2,1-3H3. The molecule has 0 unspecified atom stereocenters. The Kier molecular flexibility index (Phi) is 4.99. The molecule has 0 aliphatic rings. The summed E-state index contributed by atoms with van der Waals surface area (Å²) < 4.78 is 5.48. The zero-order valence-corrected chi connectivity index (χ0v) is 10.1. The van der Waals surface area contributed by atoms with Gasteiger partial charge in [-0.15, -0.1) is 0 Å². The van der Waals surface area contributed by atoms with E-state index in [9.17, 15) is 4.79 Å². The zero-order chi connectivity index (χ0) is 12.0. The second-order valence-electron chi connectivity index (χ2n) is 4.02. The zero-order valence-electron chi connectivity index (χ0n) is 10.1. The maximum atomic E-state index is 10.9. The molecule has 0 aliphatic carbocycles. The van der Waals surface area contributed by atoms with Gasteiger partial charge in [0.1, 0.15) is 0 Å². The van der Waals surface area contributed by atoms with Gasteiger partial charge in [-0.25, -0.2) is 0 Å². The number of anilines is 1. The predicted molar refractivity (Wildman–Crippen MR) is 66.2 cm³/mol. The van der Waals surface area contributed by atoms with Gasteiger partial charge in [-0.2, -0.15) is 0 Å². The van der Waals surface area contributed by atoms with Gasteiger partial charge in [0.2, 0.25) is 0 Å². The number of rotatable bonds is 6. The van der Waals surface area contributed by atoms with Crippen LogP contribution in [0.1, 0.15) is 24.2 Å². The summed E-state index contributed by atoms with van der Waals surface area (Å²) in [6, 6.07) is 7.56. The monoisotopic (exact) mass is 221 g/mol. The second kappa shape index (κ2) is 6.28. The molecule has 1 aromatic rings. The highest BCUT2D eigenvalue weighted by Crippen LogP contribution is 2.16. The summed E-state index contributed by atoms with van der Waals surface area (Å²) in [5.41, 5.74) is 1.67. The highest BCUT2D eigenvalue weighted by atomic mass is 16.5. The summed E-state index contributed by atoms with van der Waals surface area (Å²) in [5, 5.41) is 0. The molecule has 0 heterocycles. The molecule has 0 aromatic heterocycles. The van der Waals surface area contributed by atoms with Gasteiger partial charge in [0.05, 0.1) is 12.7 Å². The van der Waals surface area contributed by atoms with Gasteiger partial charge in [-0.1, -0.05) is 12.1 Å². The van der Waals surface area contributed by atoms with Crippen molar-refractivity contribution in [2.24, 2.45) is 0 Å². The van der Waals surface area contributed by atoms with Crippen LogP contribution >= 0.6 is 0 Å². The van der Waals surface area contributed by atoms with Gasteiger partial charge < -0.3 is 9.64 Å². The number of nitrogens with zero attached hydrogens (tertiary/aromatic N) is 1. The third-order valence-corrected chi connectivity index (χ3v) is 2.35. The molecule has 0 aliphatic heterocycles. The average Bonchev–Trinajstić information content (AvgIpc) is 2.28. The first-order valence-corrected chi connectivity index (χ1v) is 5.52. The van der Waals surface area contributed by atoms with Crippen LogP contribution in [0.25, 0.3) is 0 Å². The van der Waals surface area contributed by atoms with Crippen molar-refractivity contribution < 1.29 is 9.53 Å². The lowest BCUT2D eigenvalue weighted by atomic mass is 10.2. The first-order chi connectivity index (χ1) is 7.65. The maximum Gasteiger partial charge on any atom is 0.152 e. The molecule has 0 saturated carbocycles. The smallest absolute Gasteiger partial charge is 0.152 e. The van der Waals surface area contributed by atoms with Crippen LogP contribution in [0.3, 0.4) is 0 Å². The Morgan fingerprint density at radius 1 is 1.38 bits per heavy atom. The van der Waals surface area contributed by atoms with Crippen LogP contribution in [-0.4, -0.2) is 32.6 Å². The Hall–Kier alpha value is -1.35. The van der Waals surface area contributed by atoms with E-state index in [1.165, 1.54) is 0 Å². The van der Waals surface area contributed by atoms with Crippen molar-refractivity contribution in [3.8, 4) is 0 Å². The van der Waals surface area contributed by atoms with Crippen molar-refractivity contribution in [1.82, 2.24) is 0 Å². The average molecular weight is 221 g/mol. The summed E-state index contributed by atoms with van der Waals surface area (Å²) in [4.78, 5) is 12.9. The molecule has 0 spiro atoms. The van der Waals surface area contributed by atoms with Crippen LogP contribution in [0, 0.1) is 0 Å². The van der Waals surface area contributed by atoms with Crippen LogP contribution in [0.2, 0.25) is 0 Å². The van der Waals surface area contributed by atoms with Crippen molar-refractivity contribution in [2.45, 2.75) is 20.0 Å². The Bertz CT molecular complexity index is 336. The molecule has 88 valence electrons. The molecular formula is C13H19NO2. The summed E-state index contributed by atoms with van der Waals surface area (Å²) in [6.45, 7) is 5.48. The topological polar surface area (TPSA) is 29.5 Å². The summed E-state index contributed by atoms with van der Waals surface area (Å²) in [7, 11) is 1.96. The van der Waals surface area contributed by atoms with Crippen molar-refractivity contribution in [1.29, 1.82) is 0 Å². The lowest BCUT2D eigenvalue weighted by molar-refractivity contribution is 0.0845. The number of para-hydroxylation sites is 1. The van der Waals surface area contributed by atoms with Crippen LogP contribution in [0.5, 0.6) is 0 Å². The van der Waals surface area contributed by atoms with Crippen LogP contribution in [0.4, 0.5) is 5.69 Å². The van der Waals surface area contributed by atoms with Gasteiger partial charge in [0.25, 0.3) is 0 Å². The molecule has 1 aromatic carbocycles. The quantitative estimate of drug-likeness (QED) is 0.691. The van der Waals surface area contributed by atoms with E-state index >= 15 is 0 Å². The Morgan fingerprint density at radius 3 is 2.69 bits per heavy atom. The Balaban J connectivity index is 2.58. The van der Waals surface area contributed by atoms with Gasteiger partial charge in [-0.3, -0.25) is 4.79 Å². The van der Waals surface area contributed by atoms with E-state index < -0.39 is 0 Å². The van der Waals surface area contributed by atoms with Crippen LogP contribution in [-0.2, 0) is 4.74 Å². The van der Waals surface area contributed by atoms with E-state index in [0.717, 1.165) is 24.1 Å². The van der Waals surface area contributed by atoms with Crippen molar-refractivity contribution in [3.63, 3.8) is 0 Å². The van der Waals surface area contributed by atoms with Gasteiger partial charge in [-0.05, 0) is 26.0 Å². The van der Waals surface area contributed by atoms with Crippen LogP contribution < -0.4 is 4.90 Å². The predicted octanol–water partition coefficient (Wildman–Crippen LogP) is 2.36. The van der Waals surface area contributed by atoms with Gasteiger partial charge in [0.15, 0.2) is 6.29 Å². The van der Waals surface area contributed by atoms with Crippen LogP contribution in [0.15, 0.2) is 24.3 Å². The number of ether oxygens (including phenoxy) is 1. The summed E-state index contributed by atoms with van der Waals surface area (Å²) >= 11 is 0. The molecule has 1 rings (SSSR count). The van der Waals surface area contributed by atoms with Gasteiger partial charge in [0, 0.05) is 24.8 Å². The molecule has 0 bridgehead atoms. The number of hydrogen-bond donors (Lipinski definition) is 0. The minimum Gasteiger partial charge on any atom is -0.377 e. The van der Waals surface area contributed by atoms with E-state index in [2.05, 4.69) is 0 Å². The van der Waals surface area contributed by atoms with E-state index in [1.54, 1.807) is 0 Å². The minimum atomic E-state index is 0.245. The highest BCUT2D eigenvalue weighted by Gasteiger charge is 2.05. The molecular weight excluding hydrogens is 202 g/mol. The highest BCUT2D eigenvalue weighted by molar-refractivity contribution is 5.84. The molecule has 0 saturated heterocycles. The maximum absolute atomic E-state index is 10.9. The number of hydrogen-bond acceptors (Lipinski definition) is 3. The normalized spacial score (nSPS) is 10.5. The van der Waals surface area contributed by atoms with E-state index in [1.807, 2.05) is 50.1 Å². The first kappa shape index (κ1) is 12.7. The third-order valence-electron chi connectivity index (χ3n) is 2.35.